The molecule has 0 radical (unpaired) electrons. The zero-order valence-corrected chi connectivity index (χ0v) is 11.5. The Morgan fingerprint density at radius 2 is 1.73 bits per heavy atom. The highest BCUT2D eigenvalue weighted by Gasteiger charge is 2.08. The Morgan fingerprint density at radius 3 is 2.41 bits per heavy atom. The summed E-state index contributed by atoms with van der Waals surface area (Å²) in [6.07, 6.45) is 5.29. The maximum absolute atomic E-state index is 10.6. The molecule has 3 aromatic rings. The van der Waals surface area contributed by atoms with Crippen LogP contribution in [0.3, 0.4) is 0 Å². The van der Waals surface area contributed by atoms with Gasteiger partial charge in [0.25, 0.3) is 5.69 Å². The lowest BCUT2D eigenvalue weighted by molar-refractivity contribution is -0.384. The number of hydrogen-bond donors (Lipinski definition) is 0. The van der Waals surface area contributed by atoms with Crippen LogP contribution in [0.25, 0.3) is 23.5 Å². The Kier molecular flexibility index (Phi) is 3.78. The number of non-ortho nitro benzene ring substituents is 1. The lowest BCUT2D eigenvalue weighted by atomic mass is 10.2. The molecule has 22 heavy (non-hydrogen) atoms. The molecule has 0 spiro atoms. The predicted molar refractivity (Wildman–Crippen MR) is 84.0 cm³/mol. The number of nitro benzene ring substituents is 1. The molecule has 0 aliphatic carbocycles. The topological polar surface area (TPSA) is 69.2 Å². The summed E-state index contributed by atoms with van der Waals surface area (Å²) < 4.78 is 5.62. The molecule has 0 aliphatic heterocycles. The van der Waals surface area contributed by atoms with Gasteiger partial charge < -0.3 is 4.42 Å². The minimum Gasteiger partial charge on any atom is -0.437 e. The number of hydrogen-bond acceptors (Lipinski definition) is 4. The Hall–Kier alpha value is -3.21. The summed E-state index contributed by atoms with van der Waals surface area (Å²) >= 11 is 0. The van der Waals surface area contributed by atoms with E-state index < -0.39 is 4.92 Å². The van der Waals surface area contributed by atoms with Gasteiger partial charge in [0.15, 0.2) is 5.76 Å². The molecule has 5 nitrogen and oxygen atoms in total. The zero-order valence-electron chi connectivity index (χ0n) is 11.5. The first-order valence-electron chi connectivity index (χ1n) is 6.66. The predicted octanol–water partition coefficient (Wildman–Crippen LogP) is 4.42. The largest absolute Gasteiger partial charge is 0.437 e. The number of rotatable bonds is 4. The maximum Gasteiger partial charge on any atom is 0.269 e. The van der Waals surface area contributed by atoms with E-state index >= 15 is 0 Å². The van der Waals surface area contributed by atoms with E-state index in [9.17, 15) is 10.1 Å². The Bertz CT molecular complexity index is 805. The highest BCUT2D eigenvalue weighted by Crippen LogP contribution is 2.23. The van der Waals surface area contributed by atoms with Gasteiger partial charge >= 0.3 is 0 Å². The van der Waals surface area contributed by atoms with Gasteiger partial charge in [0.05, 0.1) is 11.1 Å². The van der Waals surface area contributed by atoms with Crippen molar-refractivity contribution in [1.29, 1.82) is 0 Å². The van der Waals surface area contributed by atoms with Gasteiger partial charge in [-0.2, -0.15) is 0 Å². The molecule has 0 fully saturated rings. The molecule has 0 N–H and O–H groups in total. The first kappa shape index (κ1) is 13.8. The second-order valence-corrected chi connectivity index (χ2v) is 4.61. The third-order valence-corrected chi connectivity index (χ3v) is 3.10. The summed E-state index contributed by atoms with van der Waals surface area (Å²) in [5.74, 6) is 1.06. The van der Waals surface area contributed by atoms with Crippen LogP contribution in [0.1, 0.15) is 11.5 Å². The summed E-state index contributed by atoms with van der Waals surface area (Å²) in [5, 5.41) is 10.6. The van der Waals surface area contributed by atoms with Crippen LogP contribution in [0, 0.1) is 10.1 Å². The highest BCUT2D eigenvalue weighted by atomic mass is 16.6. The van der Waals surface area contributed by atoms with Crippen molar-refractivity contribution in [3.8, 4) is 11.3 Å². The summed E-state index contributed by atoms with van der Waals surface area (Å²) in [4.78, 5) is 14.4. The van der Waals surface area contributed by atoms with Gasteiger partial charge in [0.1, 0.15) is 0 Å². The SMILES string of the molecule is O=[N+]([O-])c1ccc(-c2cnc(/C=C/c3ccccc3)o2)cc1. The van der Waals surface area contributed by atoms with E-state index in [4.69, 9.17) is 4.42 Å². The van der Waals surface area contributed by atoms with Crippen LogP contribution < -0.4 is 0 Å². The van der Waals surface area contributed by atoms with Gasteiger partial charge in [0, 0.05) is 23.8 Å². The van der Waals surface area contributed by atoms with Gasteiger partial charge in [-0.3, -0.25) is 10.1 Å². The quantitative estimate of drug-likeness (QED) is 0.527. The molecule has 0 aliphatic rings. The summed E-state index contributed by atoms with van der Waals surface area (Å²) in [6, 6.07) is 16.0. The first-order valence-corrected chi connectivity index (χ1v) is 6.66. The molecule has 0 bridgehead atoms. The Morgan fingerprint density at radius 1 is 1.00 bits per heavy atom. The van der Waals surface area contributed by atoms with Gasteiger partial charge in [-0.1, -0.05) is 30.3 Å². The van der Waals surface area contributed by atoms with Gasteiger partial charge in [-0.15, -0.1) is 0 Å². The number of aromatic nitrogens is 1. The Labute approximate surface area is 126 Å². The highest BCUT2D eigenvalue weighted by molar-refractivity contribution is 5.67. The second-order valence-electron chi connectivity index (χ2n) is 4.61. The van der Waals surface area contributed by atoms with Crippen molar-refractivity contribution in [2.75, 3.05) is 0 Å². The van der Waals surface area contributed by atoms with Crippen molar-refractivity contribution in [2.24, 2.45) is 0 Å². The molecule has 0 saturated heterocycles. The molecular formula is C17H12N2O3. The summed E-state index contributed by atoms with van der Waals surface area (Å²) in [5.41, 5.74) is 1.85. The van der Waals surface area contributed by atoms with Crippen LogP contribution in [-0.2, 0) is 0 Å². The molecule has 0 atom stereocenters. The van der Waals surface area contributed by atoms with E-state index in [1.165, 1.54) is 12.1 Å². The fourth-order valence-electron chi connectivity index (χ4n) is 1.98. The molecule has 1 aromatic heterocycles. The van der Waals surface area contributed by atoms with E-state index in [0.29, 0.717) is 11.7 Å². The molecule has 0 amide bonds. The number of oxazole rings is 1. The number of benzene rings is 2. The smallest absolute Gasteiger partial charge is 0.269 e. The van der Waals surface area contributed by atoms with E-state index in [-0.39, 0.29) is 5.69 Å². The number of nitro groups is 1. The van der Waals surface area contributed by atoms with Crippen LogP contribution in [-0.4, -0.2) is 9.91 Å². The molecule has 5 heteroatoms. The lowest BCUT2D eigenvalue weighted by Crippen LogP contribution is -1.86. The van der Waals surface area contributed by atoms with Crippen LogP contribution in [0.15, 0.2) is 65.2 Å². The minimum atomic E-state index is -0.432. The molecular weight excluding hydrogens is 280 g/mol. The first-order chi connectivity index (χ1) is 10.7. The standard InChI is InChI=1S/C17H12N2O3/c20-19(21)15-9-7-14(8-10-15)16-12-18-17(22-16)11-6-13-4-2-1-3-5-13/h1-12H/b11-6+. The van der Waals surface area contributed by atoms with E-state index in [1.54, 1.807) is 24.4 Å². The molecule has 2 aromatic carbocycles. The fourth-order valence-corrected chi connectivity index (χ4v) is 1.98. The third kappa shape index (κ3) is 3.09. The van der Waals surface area contributed by atoms with E-state index in [2.05, 4.69) is 4.98 Å². The second kappa shape index (κ2) is 6.05. The van der Waals surface area contributed by atoms with Crippen LogP contribution in [0.4, 0.5) is 5.69 Å². The monoisotopic (exact) mass is 292 g/mol. The van der Waals surface area contributed by atoms with Crippen molar-refractivity contribution < 1.29 is 9.34 Å². The van der Waals surface area contributed by atoms with Gasteiger partial charge in [0.2, 0.25) is 5.89 Å². The van der Waals surface area contributed by atoms with Crippen molar-refractivity contribution in [3.63, 3.8) is 0 Å². The third-order valence-electron chi connectivity index (χ3n) is 3.10. The Balaban J connectivity index is 1.79. The van der Waals surface area contributed by atoms with Crippen molar-refractivity contribution in [2.45, 2.75) is 0 Å². The summed E-state index contributed by atoms with van der Waals surface area (Å²) in [7, 11) is 0. The normalized spacial score (nSPS) is 10.9. The van der Waals surface area contributed by atoms with Crippen molar-refractivity contribution in [3.05, 3.63) is 82.4 Å². The summed E-state index contributed by atoms with van der Waals surface area (Å²) in [6.45, 7) is 0. The molecule has 0 unspecified atom stereocenters. The molecule has 108 valence electrons. The van der Waals surface area contributed by atoms with Crippen LogP contribution in [0.5, 0.6) is 0 Å². The minimum absolute atomic E-state index is 0.0486. The molecule has 3 rings (SSSR count). The lowest BCUT2D eigenvalue weighted by Gasteiger charge is -1.95. The zero-order chi connectivity index (χ0) is 15.4. The average molecular weight is 292 g/mol. The van der Waals surface area contributed by atoms with Crippen LogP contribution >= 0.6 is 0 Å². The van der Waals surface area contributed by atoms with Gasteiger partial charge in [-0.05, 0) is 23.8 Å². The van der Waals surface area contributed by atoms with E-state index in [1.807, 2.05) is 36.4 Å². The average Bonchev–Trinajstić information content (AvgIpc) is 3.03. The molecule has 1 heterocycles. The fraction of sp³-hybridized carbons (Fsp3) is 0. The maximum atomic E-state index is 10.6. The van der Waals surface area contributed by atoms with Crippen LogP contribution in [0.2, 0.25) is 0 Å². The molecule has 0 saturated carbocycles. The van der Waals surface area contributed by atoms with Crippen molar-refractivity contribution in [1.82, 2.24) is 4.98 Å². The van der Waals surface area contributed by atoms with Gasteiger partial charge in [-0.25, -0.2) is 4.98 Å². The van der Waals surface area contributed by atoms with Crippen molar-refractivity contribution >= 4 is 17.8 Å². The van der Waals surface area contributed by atoms with E-state index in [0.717, 1.165) is 11.1 Å². The number of nitrogens with zero attached hydrogens (tertiary/aromatic N) is 2.